The number of halogens is 1. The molecule has 9 nitrogen and oxygen atoms in total. The number of likely N-dealkylation sites (tertiary alicyclic amines) is 1. The van der Waals surface area contributed by atoms with Gasteiger partial charge >= 0.3 is 0 Å². The molecule has 0 bridgehead atoms. The van der Waals surface area contributed by atoms with Crippen molar-refractivity contribution in [2.45, 2.75) is 17.4 Å². The van der Waals surface area contributed by atoms with E-state index in [0.717, 1.165) is 12.1 Å². The Morgan fingerprint density at radius 1 is 1.00 bits per heavy atom. The Balaban J connectivity index is 1.27. The van der Waals surface area contributed by atoms with Crippen LogP contribution in [0.25, 0.3) is 22.2 Å². The number of benzene rings is 3. The van der Waals surface area contributed by atoms with Crippen LogP contribution in [-0.2, 0) is 10.0 Å². The highest BCUT2D eigenvalue weighted by Gasteiger charge is 2.28. The van der Waals surface area contributed by atoms with Gasteiger partial charge < -0.3 is 15.5 Å². The molecule has 3 heterocycles. The second-order valence-corrected chi connectivity index (χ2v) is 12.0. The van der Waals surface area contributed by atoms with E-state index < -0.39 is 10.0 Å². The summed E-state index contributed by atoms with van der Waals surface area (Å²) in [4.78, 5) is 24.1. The highest BCUT2D eigenvalue weighted by molar-refractivity contribution is 7.90. The molecule has 1 saturated heterocycles. The Bertz CT molecular complexity index is 1840. The van der Waals surface area contributed by atoms with Crippen LogP contribution in [-0.4, -0.2) is 59.3 Å². The summed E-state index contributed by atoms with van der Waals surface area (Å²) in [6.45, 7) is 1.11. The lowest BCUT2D eigenvalue weighted by atomic mass is 10.1. The highest BCUT2D eigenvalue weighted by atomic mass is 35.5. The van der Waals surface area contributed by atoms with Crippen LogP contribution >= 0.6 is 11.6 Å². The van der Waals surface area contributed by atoms with Crippen molar-refractivity contribution in [3.05, 3.63) is 102 Å². The third-order valence-electron chi connectivity index (χ3n) is 7.21. The standard InChI is InChI=1S/C30H27ClN6O3S/c1-32-21-13-11-20(12-14-21)29(38)36-16-15-22(18-36)34-30-33-17-26(31)28(35-30)25-19-37(27-10-6-5-9-24(25)27)41(39,40)23-7-3-2-4-8-23/h2-14,17,19,22,32H,15-16,18H2,1H3,(H,33,34,35). The van der Waals surface area contributed by atoms with Crippen LogP contribution in [0.5, 0.6) is 0 Å². The molecule has 1 amide bonds. The Kier molecular flexibility index (Phi) is 7.10. The Labute approximate surface area is 242 Å². The minimum Gasteiger partial charge on any atom is -0.388 e. The monoisotopic (exact) mass is 586 g/mol. The largest absolute Gasteiger partial charge is 0.388 e. The Morgan fingerprint density at radius 3 is 2.49 bits per heavy atom. The molecule has 208 valence electrons. The van der Waals surface area contributed by atoms with Gasteiger partial charge in [-0.2, -0.15) is 0 Å². The number of anilines is 2. The van der Waals surface area contributed by atoms with Gasteiger partial charge in [-0.05, 0) is 48.9 Å². The number of hydrogen-bond acceptors (Lipinski definition) is 7. The summed E-state index contributed by atoms with van der Waals surface area (Å²) in [5.41, 5.74) is 3.08. The SMILES string of the molecule is CNc1ccc(C(=O)N2CCC(Nc3ncc(Cl)c(-c4cn(S(=O)(=O)c5ccccc5)c5ccccc45)n3)C2)cc1. The molecule has 1 atom stereocenters. The number of amides is 1. The zero-order valence-corrected chi connectivity index (χ0v) is 23.7. The zero-order chi connectivity index (χ0) is 28.6. The van der Waals surface area contributed by atoms with Gasteiger partial charge in [0.05, 0.1) is 27.3 Å². The molecule has 5 aromatic rings. The summed E-state index contributed by atoms with van der Waals surface area (Å²) in [7, 11) is -2.03. The minimum atomic E-state index is -3.86. The van der Waals surface area contributed by atoms with Crippen molar-refractivity contribution in [1.82, 2.24) is 18.8 Å². The lowest BCUT2D eigenvalue weighted by Crippen LogP contribution is -2.31. The van der Waals surface area contributed by atoms with Crippen LogP contribution in [0, 0.1) is 0 Å². The molecular weight excluding hydrogens is 560 g/mol. The first kappa shape index (κ1) is 26.8. The average Bonchev–Trinajstić information content (AvgIpc) is 3.64. The van der Waals surface area contributed by atoms with Crippen molar-refractivity contribution in [1.29, 1.82) is 0 Å². The normalized spacial score (nSPS) is 15.3. The quantitative estimate of drug-likeness (QED) is 0.264. The van der Waals surface area contributed by atoms with Crippen molar-refractivity contribution < 1.29 is 13.2 Å². The first-order valence-electron chi connectivity index (χ1n) is 13.1. The van der Waals surface area contributed by atoms with E-state index in [1.807, 2.05) is 48.3 Å². The van der Waals surface area contributed by atoms with Gasteiger partial charge in [0.1, 0.15) is 0 Å². The van der Waals surface area contributed by atoms with Crippen LogP contribution in [0.1, 0.15) is 16.8 Å². The third-order valence-corrected chi connectivity index (χ3v) is 9.17. The van der Waals surface area contributed by atoms with Gasteiger partial charge in [-0.3, -0.25) is 4.79 Å². The van der Waals surface area contributed by atoms with Crippen molar-refractivity contribution in [2.24, 2.45) is 0 Å². The van der Waals surface area contributed by atoms with Gasteiger partial charge in [0.15, 0.2) is 0 Å². The summed E-state index contributed by atoms with van der Waals surface area (Å²) < 4.78 is 28.4. The minimum absolute atomic E-state index is 0.0258. The number of rotatable bonds is 7. The Hall–Kier alpha value is -4.41. The Morgan fingerprint density at radius 2 is 1.73 bits per heavy atom. The highest BCUT2D eigenvalue weighted by Crippen LogP contribution is 2.36. The molecular formula is C30H27ClN6O3S. The number of carbonyl (C=O) groups excluding carboxylic acids is 1. The fourth-order valence-corrected chi connectivity index (χ4v) is 6.66. The van der Waals surface area contributed by atoms with Crippen LogP contribution in [0.3, 0.4) is 0 Å². The molecule has 1 unspecified atom stereocenters. The van der Waals surface area contributed by atoms with Crippen molar-refractivity contribution in [3.63, 3.8) is 0 Å². The molecule has 0 spiro atoms. The van der Waals surface area contributed by atoms with Gasteiger partial charge in [-0.15, -0.1) is 0 Å². The molecule has 41 heavy (non-hydrogen) atoms. The maximum atomic E-state index is 13.5. The summed E-state index contributed by atoms with van der Waals surface area (Å²) in [6, 6.07) is 22.9. The molecule has 0 aliphatic carbocycles. The number of hydrogen-bond donors (Lipinski definition) is 2. The van der Waals surface area contributed by atoms with E-state index in [1.165, 1.54) is 10.2 Å². The topological polar surface area (TPSA) is 109 Å². The van der Waals surface area contributed by atoms with E-state index in [9.17, 15) is 13.2 Å². The van der Waals surface area contributed by atoms with Gasteiger partial charge in [0.25, 0.3) is 15.9 Å². The van der Waals surface area contributed by atoms with Crippen LogP contribution in [0.2, 0.25) is 5.02 Å². The molecule has 1 fully saturated rings. The number of nitrogens with one attached hydrogen (secondary N) is 2. The fraction of sp³-hybridized carbons (Fsp3) is 0.167. The maximum absolute atomic E-state index is 13.5. The van der Waals surface area contributed by atoms with Gasteiger partial charge in [0.2, 0.25) is 5.95 Å². The predicted molar refractivity (Wildman–Crippen MR) is 161 cm³/mol. The molecule has 11 heteroatoms. The van der Waals surface area contributed by atoms with Gasteiger partial charge in [-0.1, -0.05) is 48.0 Å². The van der Waals surface area contributed by atoms with E-state index in [0.29, 0.717) is 51.8 Å². The zero-order valence-electron chi connectivity index (χ0n) is 22.2. The maximum Gasteiger partial charge on any atom is 0.268 e. The average molecular weight is 587 g/mol. The molecule has 3 aromatic carbocycles. The van der Waals surface area contributed by atoms with E-state index in [2.05, 4.69) is 15.6 Å². The molecule has 6 rings (SSSR count). The lowest BCUT2D eigenvalue weighted by Gasteiger charge is -2.17. The molecule has 0 radical (unpaired) electrons. The smallest absolute Gasteiger partial charge is 0.268 e. The van der Waals surface area contributed by atoms with Gasteiger partial charge in [0, 0.05) is 54.6 Å². The summed E-state index contributed by atoms with van der Waals surface area (Å²) in [5.74, 6) is 0.326. The predicted octanol–water partition coefficient (Wildman–Crippen LogP) is 5.36. The van der Waals surface area contributed by atoms with Gasteiger partial charge in [-0.25, -0.2) is 22.4 Å². The summed E-state index contributed by atoms with van der Waals surface area (Å²) >= 11 is 6.57. The number of aromatic nitrogens is 3. The lowest BCUT2D eigenvalue weighted by molar-refractivity contribution is 0.0791. The van der Waals surface area contributed by atoms with E-state index in [-0.39, 0.29) is 16.8 Å². The van der Waals surface area contributed by atoms with Crippen LogP contribution in [0.4, 0.5) is 11.6 Å². The molecule has 2 N–H and O–H groups in total. The number of carbonyl (C=O) groups is 1. The number of para-hydroxylation sites is 1. The first-order chi connectivity index (χ1) is 19.8. The number of nitrogens with zero attached hydrogens (tertiary/aromatic N) is 4. The van der Waals surface area contributed by atoms with Crippen molar-refractivity contribution in [2.75, 3.05) is 30.8 Å². The van der Waals surface area contributed by atoms with Crippen molar-refractivity contribution >= 4 is 50.1 Å². The van der Waals surface area contributed by atoms with E-state index in [1.54, 1.807) is 48.7 Å². The molecule has 0 saturated carbocycles. The van der Waals surface area contributed by atoms with Crippen molar-refractivity contribution in [3.8, 4) is 11.3 Å². The molecule has 1 aliphatic rings. The number of fused-ring (bicyclic) bond motifs is 1. The second kappa shape index (κ2) is 10.9. The summed E-state index contributed by atoms with van der Waals surface area (Å²) in [5, 5.41) is 7.38. The second-order valence-electron chi connectivity index (χ2n) is 9.77. The van der Waals surface area contributed by atoms with E-state index >= 15 is 0 Å². The molecule has 2 aromatic heterocycles. The van der Waals surface area contributed by atoms with Crippen LogP contribution < -0.4 is 10.6 Å². The van der Waals surface area contributed by atoms with Crippen LogP contribution in [0.15, 0.2) is 96.2 Å². The first-order valence-corrected chi connectivity index (χ1v) is 14.9. The summed E-state index contributed by atoms with van der Waals surface area (Å²) in [6.07, 6.45) is 3.79. The fourth-order valence-electron chi connectivity index (χ4n) is 5.08. The molecule has 1 aliphatic heterocycles. The van der Waals surface area contributed by atoms with E-state index in [4.69, 9.17) is 16.6 Å². The third kappa shape index (κ3) is 5.12.